The lowest BCUT2D eigenvalue weighted by Crippen LogP contribution is -2.58. The third-order valence-corrected chi connectivity index (χ3v) is 8.42. The first-order valence-electron chi connectivity index (χ1n) is 13.0. The number of phenols is 1. The lowest BCUT2D eigenvalue weighted by molar-refractivity contribution is -0.147. The quantitative estimate of drug-likeness (QED) is 0.315. The Kier molecular flexibility index (Phi) is 9.11. The first-order valence-corrected chi connectivity index (χ1v) is 14.0. The predicted molar refractivity (Wildman–Crippen MR) is 154 cm³/mol. The predicted octanol–water partition coefficient (Wildman–Crippen LogP) is 2.79. The van der Waals surface area contributed by atoms with E-state index >= 15 is 0 Å². The molecule has 4 rings (SSSR count). The maximum atomic E-state index is 13.8. The van der Waals surface area contributed by atoms with E-state index in [0.29, 0.717) is 11.3 Å². The van der Waals surface area contributed by atoms with Crippen LogP contribution in [-0.4, -0.2) is 66.6 Å². The van der Waals surface area contributed by atoms with Crippen molar-refractivity contribution in [1.82, 2.24) is 20.5 Å². The van der Waals surface area contributed by atoms with Crippen LogP contribution in [0.5, 0.6) is 5.75 Å². The lowest BCUT2D eigenvalue weighted by Gasteiger charge is -2.33. The Morgan fingerprint density at radius 1 is 1.07 bits per heavy atom. The SMILES string of the molecule is Cc1c(O)cccc1C(=O)NC(Cc1ccccc1)C(O)C(=O)N1CSC(C)(C)C1C(=O)NCc1ccccn1. The summed E-state index contributed by atoms with van der Waals surface area (Å²) in [5.41, 5.74) is 2.13. The van der Waals surface area contributed by atoms with E-state index in [0.717, 1.165) is 5.56 Å². The fourth-order valence-corrected chi connectivity index (χ4v) is 5.90. The zero-order valence-corrected chi connectivity index (χ0v) is 23.5. The van der Waals surface area contributed by atoms with E-state index in [4.69, 9.17) is 0 Å². The summed E-state index contributed by atoms with van der Waals surface area (Å²) in [6.45, 7) is 5.60. The summed E-state index contributed by atoms with van der Waals surface area (Å²) in [7, 11) is 0. The molecule has 40 heavy (non-hydrogen) atoms. The van der Waals surface area contributed by atoms with E-state index in [-0.39, 0.29) is 36.1 Å². The number of pyridine rings is 1. The largest absolute Gasteiger partial charge is 0.508 e. The number of rotatable bonds is 9. The summed E-state index contributed by atoms with van der Waals surface area (Å²) >= 11 is 1.44. The third-order valence-electron chi connectivity index (χ3n) is 7.05. The van der Waals surface area contributed by atoms with E-state index in [9.17, 15) is 24.6 Å². The normalized spacial score (nSPS) is 17.6. The molecule has 2 aromatic carbocycles. The van der Waals surface area contributed by atoms with E-state index in [1.807, 2.05) is 50.2 Å². The highest BCUT2D eigenvalue weighted by Gasteiger charge is 2.49. The average Bonchev–Trinajstić information content (AvgIpc) is 3.27. The molecule has 9 nitrogen and oxygen atoms in total. The summed E-state index contributed by atoms with van der Waals surface area (Å²) in [6.07, 6.45) is 0.197. The molecule has 3 amide bonds. The molecule has 2 heterocycles. The van der Waals surface area contributed by atoms with Gasteiger partial charge in [-0.05, 0) is 57.0 Å². The molecule has 0 bridgehead atoms. The number of thioether (sulfide) groups is 1. The first-order chi connectivity index (χ1) is 19.1. The van der Waals surface area contributed by atoms with Crippen molar-refractivity contribution in [2.24, 2.45) is 0 Å². The van der Waals surface area contributed by atoms with Crippen molar-refractivity contribution >= 4 is 29.5 Å². The number of aliphatic hydroxyl groups is 1. The molecule has 4 N–H and O–H groups in total. The number of hydrogen-bond donors (Lipinski definition) is 4. The van der Waals surface area contributed by atoms with Crippen LogP contribution in [0, 0.1) is 6.92 Å². The third kappa shape index (κ3) is 6.63. The monoisotopic (exact) mass is 562 g/mol. The molecular formula is C30H34N4O5S. The van der Waals surface area contributed by atoms with Crippen LogP contribution in [-0.2, 0) is 22.6 Å². The van der Waals surface area contributed by atoms with Gasteiger partial charge in [0, 0.05) is 22.1 Å². The number of aromatic hydroxyl groups is 1. The van der Waals surface area contributed by atoms with Crippen molar-refractivity contribution in [2.75, 3.05) is 5.88 Å². The minimum absolute atomic E-state index is 0.0280. The fourth-order valence-electron chi connectivity index (χ4n) is 4.76. The molecule has 3 atom stereocenters. The molecule has 1 aliphatic rings. The van der Waals surface area contributed by atoms with Crippen LogP contribution in [0.2, 0.25) is 0 Å². The van der Waals surface area contributed by atoms with E-state index < -0.39 is 34.7 Å². The van der Waals surface area contributed by atoms with Crippen LogP contribution in [0.1, 0.15) is 41.0 Å². The maximum absolute atomic E-state index is 13.8. The Morgan fingerprint density at radius 3 is 2.50 bits per heavy atom. The Morgan fingerprint density at radius 2 is 1.80 bits per heavy atom. The van der Waals surface area contributed by atoms with Gasteiger partial charge in [0.25, 0.3) is 11.8 Å². The van der Waals surface area contributed by atoms with E-state index in [1.165, 1.54) is 22.7 Å². The summed E-state index contributed by atoms with van der Waals surface area (Å²) < 4.78 is -0.611. The molecular weight excluding hydrogens is 528 g/mol. The number of phenolic OH excluding ortho intramolecular Hbond substituents is 1. The summed E-state index contributed by atoms with van der Waals surface area (Å²) in [4.78, 5) is 46.0. The average molecular weight is 563 g/mol. The molecule has 0 aliphatic carbocycles. The molecule has 3 aromatic rings. The van der Waals surface area contributed by atoms with Crippen molar-refractivity contribution in [1.29, 1.82) is 0 Å². The summed E-state index contributed by atoms with van der Waals surface area (Å²) in [5.74, 6) is -1.34. The minimum atomic E-state index is -1.62. The lowest BCUT2D eigenvalue weighted by atomic mass is 9.96. The zero-order valence-electron chi connectivity index (χ0n) is 22.7. The second-order valence-corrected chi connectivity index (χ2v) is 11.9. The Hall–Kier alpha value is -3.89. The summed E-state index contributed by atoms with van der Waals surface area (Å²) in [5, 5.41) is 27.1. The highest BCUT2D eigenvalue weighted by molar-refractivity contribution is 8.00. The second kappa shape index (κ2) is 12.5. The van der Waals surface area contributed by atoms with Gasteiger partial charge in [0.05, 0.1) is 24.2 Å². The van der Waals surface area contributed by atoms with E-state index in [1.54, 1.807) is 37.4 Å². The fraction of sp³-hybridized carbons (Fsp3) is 0.333. The standard InChI is InChI=1S/C30H34N4O5S/c1-19-22(13-9-14-24(19)35)27(37)33-23(16-20-10-5-4-6-11-20)25(36)29(39)34-18-40-30(2,3)26(34)28(38)32-17-21-12-7-8-15-31-21/h4-15,23,25-26,35-36H,16-18H2,1-3H3,(H,32,38)(H,33,37). The van der Waals surface area contributed by atoms with Gasteiger partial charge in [0.15, 0.2) is 6.10 Å². The van der Waals surface area contributed by atoms with Gasteiger partial charge in [0.2, 0.25) is 5.91 Å². The van der Waals surface area contributed by atoms with Gasteiger partial charge in [-0.25, -0.2) is 0 Å². The number of nitrogens with one attached hydrogen (secondary N) is 2. The number of aliphatic hydroxyl groups excluding tert-OH is 1. The number of carbonyl (C=O) groups excluding carboxylic acids is 3. The van der Waals surface area contributed by atoms with Crippen molar-refractivity contribution in [3.05, 3.63) is 95.3 Å². The van der Waals surface area contributed by atoms with Gasteiger partial charge in [-0.15, -0.1) is 11.8 Å². The van der Waals surface area contributed by atoms with Gasteiger partial charge in [-0.3, -0.25) is 19.4 Å². The molecule has 3 unspecified atom stereocenters. The Labute approximate surface area is 238 Å². The highest BCUT2D eigenvalue weighted by atomic mass is 32.2. The van der Waals surface area contributed by atoms with Crippen LogP contribution in [0.3, 0.4) is 0 Å². The number of benzene rings is 2. The molecule has 10 heteroatoms. The Balaban J connectivity index is 1.56. The molecule has 1 aromatic heterocycles. The molecule has 1 saturated heterocycles. The highest BCUT2D eigenvalue weighted by Crippen LogP contribution is 2.40. The number of hydrogen-bond acceptors (Lipinski definition) is 7. The van der Waals surface area contributed by atoms with Crippen LogP contribution >= 0.6 is 11.8 Å². The Bertz CT molecular complexity index is 1350. The number of carbonyl (C=O) groups is 3. The summed E-state index contributed by atoms with van der Waals surface area (Å²) in [6, 6.07) is 17.4. The van der Waals surface area contributed by atoms with Gasteiger partial charge in [-0.2, -0.15) is 0 Å². The first kappa shape index (κ1) is 29.1. The van der Waals surface area contributed by atoms with Crippen LogP contribution in [0.25, 0.3) is 0 Å². The van der Waals surface area contributed by atoms with Crippen molar-refractivity contribution in [2.45, 2.75) is 56.7 Å². The molecule has 0 radical (unpaired) electrons. The van der Waals surface area contributed by atoms with Gasteiger partial charge in [-0.1, -0.05) is 42.5 Å². The second-order valence-electron chi connectivity index (χ2n) is 10.3. The van der Waals surface area contributed by atoms with Crippen molar-refractivity contribution < 1.29 is 24.6 Å². The smallest absolute Gasteiger partial charge is 0.254 e. The number of aromatic nitrogens is 1. The van der Waals surface area contributed by atoms with Crippen LogP contribution < -0.4 is 10.6 Å². The van der Waals surface area contributed by atoms with E-state index in [2.05, 4.69) is 15.6 Å². The van der Waals surface area contributed by atoms with Crippen LogP contribution in [0.4, 0.5) is 0 Å². The van der Waals surface area contributed by atoms with Gasteiger partial charge < -0.3 is 25.7 Å². The van der Waals surface area contributed by atoms with Crippen LogP contribution in [0.15, 0.2) is 72.9 Å². The zero-order chi connectivity index (χ0) is 28.9. The number of amides is 3. The maximum Gasteiger partial charge on any atom is 0.254 e. The molecule has 1 aliphatic heterocycles. The van der Waals surface area contributed by atoms with Gasteiger partial charge >= 0.3 is 0 Å². The molecule has 210 valence electrons. The van der Waals surface area contributed by atoms with Gasteiger partial charge in [0.1, 0.15) is 11.8 Å². The number of nitrogens with zero attached hydrogens (tertiary/aromatic N) is 2. The van der Waals surface area contributed by atoms with Crippen molar-refractivity contribution in [3.8, 4) is 5.75 Å². The molecule has 0 spiro atoms. The molecule has 1 fully saturated rings. The van der Waals surface area contributed by atoms with Crippen molar-refractivity contribution in [3.63, 3.8) is 0 Å². The topological polar surface area (TPSA) is 132 Å². The minimum Gasteiger partial charge on any atom is -0.508 e. The molecule has 0 saturated carbocycles.